The van der Waals surface area contributed by atoms with E-state index in [-0.39, 0.29) is 47.7 Å². The Morgan fingerprint density at radius 2 is 1.41 bits per heavy atom. The zero-order valence-electron chi connectivity index (χ0n) is 11.8. The first-order valence-corrected chi connectivity index (χ1v) is 7.79. The summed E-state index contributed by atoms with van der Waals surface area (Å²) >= 11 is 1.53. The molecule has 2 aromatic rings. The number of rotatable bonds is 2. The fourth-order valence-electron chi connectivity index (χ4n) is 2.42. The van der Waals surface area contributed by atoms with Crippen LogP contribution in [0.1, 0.15) is 23.2 Å². The van der Waals surface area contributed by atoms with Crippen LogP contribution >= 0.6 is 35.7 Å². The van der Waals surface area contributed by atoms with Crippen molar-refractivity contribution < 1.29 is 8.78 Å². The van der Waals surface area contributed by atoms with Gasteiger partial charge in [0.25, 0.3) is 0 Å². The van der Waals surface area contributed by atoms with Crippen LogP contribution in [0.4, 0.5) is 8.78 Å². The minimum absolute atomic E-state index is 0. The molecule has 2 aromatic carbocycles. The van der Waals surface area contributed by atoms with Gasteiger partial charge in [0, 0.05) is 0 Å². The predicted octanol–water partition coefficient (Wildman–Crippen LogP) is 4.69. The van der Waals surface area contributed by atoms with Crippen LogP contribution in [0.15, 0.2) is 53.5 Å². The maximum Gasteiger partial charge on any atom is 0.157 e. The highest BCUT2D eigenvalue weighted by molar-refractivity contribution is 14.0. The molecule has 1 aliphatic heterocycles. The summed E-state index contributed by atoms with van der Waals surface area (Å²) in [5.74, 6) is -0.529. The van der Waals surface area contributed by atoms with E-state index in [0.717, 1.165) is 16.3 Å². The summed E-state index contributed by atoms with van der Waals surface area (Å²) in [5, 5.41) is 4.17. The van der Waals surface area contributed by atoms with E-state index in [2.05, 4.69) is 10.3 Å². The molecule has 2 unspecified atom stereocenters. The van der Waals surface area contributed by atoms with Crippen molar-refractivity contribution in [3.63, 3.8) is 0 Å². The lowest BCUT2D eigenvalue weighted by atomic mass is 9.95. The molecule has 2 nitrogen and oxygen atoms in total. The minimum atomic E-state index is -0.267. The number of hydrogen-bond donors (Lipinski definition) is 1. The number of aliphatic imine (C=N–C) groups is 1. The van der Waals surface area contributed by atoms with Gasteiger partial charge in [-0.2, -0.15) is 0 Å². The van der Waals surface area contributed by atoms with Crippen molar-refractivity contribution in [2.45, 2.75) is 12.1 Å². The summed E-state index contributed by atoms with van der Waals surface area (Å²) in [5.41, 5.74) is 1.89. The van der Waals surface area contributed by atoms with E-state index in [1.165, 1.54) is 36.0 Å². The van der Waals surface area contributed by atoms with Crippen LogP contribution in [0.25, 0.3) is 0 Å². The van der Waals surface area contributed by atoms with Crippen molar-refractivity contribution in [3.05, 3.63) is 71.3 Å². The molecule has 0 fully saturated rings. The number of halogens is 3. The summed E-state index contributed by atoms with van der Waals surface area (Å²) in [6.07, 6.45) is 1.95. The average molecular weight is 432 g/mol. The molecule has 0 spiro atoms. The molecule has 0 saturated heterocycles. The second-order valence-corrected chi connectivity index (χ2v) is 5.60. The van der Waals surface area contributed by atoms with Crippen LogP contribution in [-0.4, -0.2) is 11.4 Å². The van der Waals surface area contributed by atoms with Gasteiger partial charge >= 0.3 is 0 Å². The van der Waals surface area contributed by atoms with Gasteiger partial charge in [-0.1, -0.05) is 36.0 Å². The lowest BCUT2D eigenvalue weighted by Gasteiger charge is -2.19. The molecule has 0 bridgehead atoms. The van der Waals surface area contributed by atoms with E-state index in [9.17, 15) is 8.78 Å². The van der Waals surface area contributed by atoms with Gasteiger partial charge in [-0.25, -0.2) is 8.78 Å². The normalized spacial score (nSPS) is 20.0. The monoisotopic (exact) mass is 432 g/mol. The first-order chi connectivity index (χ1) is 10.2. The fraction of sp³-hybridized carbons (Fsp3) is 0.188. The Morgan fingerprint density at radius 3 is 1.91 bits per heavy atom. The Balaban J connectivity index is 0.00000176. The first kappa shape index (κ1) is 17.2. The predicted molar refractivity (Wildman–Crippen MR) is 97.8 cm³/mol. The van der Waals surface area contributed by atoms with E-state index >= 15 is 0 Å². The number of amidine groups is 1. The van der Waals surface area contributed by atoms with Crippen molar-refractivity contribution >= 4 is 40.9 Å². The highest BCUT2D eigenvalue weighted by Gasteiger charge is 2.30. The van der Waals surface area contributed by atoms with Gasteiger partial charge in [0.1, 0.15) is 17.7 Å². The average Bonchev–Trinajstić information content (AvgIpc) is 2.93. The molecule has 1 aliphatic rings. The second-order valence-electron chi connectivity index (χ2n) is 4.81. The molecule has 22 heavy (non-hydrogen) atoms. The van der Waals surface area contributed by atoms with Crippen molar-refractivity contribution in [3.8, 4) is 0 Å². The Labute approximate surface area is 149 Å². The molecular formula is C16H15F2IN2S. The van der Waals surface area contributed by atoms with E-state index in [0.29, 0.717) is 0 Å². The molecule has 116 valence electrons. The third-order valence-corrected chi connectivity index (χ3v) is 4.10. The van der Waals surface area contributed by atoms with Gasteiger partial charge in [-0.05, 0) is 41.6 Å². The maximum absolute atomic E-state index is 13.1. The Kier molecular flexibility index (Phi) is 5.80. The smallest absolute Gasteiger partial charge is 0.157 e. The molecule has 0 saturated carbocycles. The van der Waals surface area contributed by atoms with E-state index < -0.39 is 0 Å². The van der Waals surface area contributed by atoms with Crippen molar-refractivity contribution in [1.29, 1.82) is 0 Å². The molecule has 0 radical (unpaired) electrons. The van der Waals surface area contributed by atoms with Gasteiger partial charge in [0.15, 0.2) is 5.17 Å². The summed E-state index contributed by atoms with van der Waals surface area (Å²) in [6.45, 7) is 0. The molecule has 0 aliphatic carbocycles. The highest BCUT2D eigenvalue weighted by Crippen LogP contribution is 2.37. The van der Waals surface area contributed by atoms with Crippen LogP contribution in [0.2, 0.25) is 0 Å². The molecule has 1 heterocycles. The number of nitrogens with one attached hydrogen (secondary N) is 1. The molecule has 0 aromatic heterocycles. The van der Waals surface area contributed by atoms with E-state index in [1.54, 1.807) is 24.3 Å². The lowest BCUT2D eigenvalue weighted by Crippen LogP contribution is -2.22. The third-order valence-electron chi connectivity index (χ3n) is 3.49. The van der Waals surface area contributed by atoms with E-state index in [4.69, 9.17) is 0 Å². The topological polar surface area (TPSA) is 24.4 Å². The molecule has 3 rings (SSSR count). The molecule has 1 N–H and O–H groups in total. The summed E-state index contributed by atoms with van der Waals surface area (Å²) in [6, 6.07) is 12.5. The SMILES string of the molecule is CSC1=NC(c2ccc(F)cc2)C(c2ccc(F)cc2)N1.I. The van der Waals surface area contributed by atoms with Crippen molar-refractivity contribution in [2.24, 2.45) is 4.99 Å². The number of hydrogen-bond acceptors (Lipinski definition) is 3. The zero-order chi connectivity index (χ0) is 14.8. The molecule has 6 heteroatoms. The van der Waals surface area contributed by atoms with Crippen LogP contribution in [0.5, 0.6) is 0 Å². The Bertz CT molecular complexity index is 659. The summed E-state index contributed by atoms with van der Waals surface area (Å²) < 4.78 is 26.2. The van der Waals surface area contributed by atoms with E-state index in [1.807, 2.05) is 6.26 Å². The summed E-state index contributed by atoms with van der Waals surface area (Å²) in [4.78, 5) is 4.64. The standard InChI is InChI=1S/C16H14F2N2S.HI/c1-21-16-19-14(10-2-6-12(17)7-3-10)15(20-16)11-4-8-13(18)9-5-11;/h2-9,14-15H,1H3,(H,19,20);1H. The minimum Gasteiger partial charge on any atom is -0.356 e. The lowest BCUT2D eigenvalue weighted by molar-refractivity contribution is 0.566. The maximum atomic E-state index is 13.1. The third kappa shape index (κ3) is 3.60. The quantitative estimate of drug-likeness (QED) is 0.697. The Morgan fingerprint density at radius 1 is 0.909 bits per heavy atom. The largest absolute Gasteiger partial charge is 0.356 e. The van der Waals surface area contributed by atoms with Crippen LogP contribution in [0, 0.1) is 11.6 Å². The zero-order valence-corrected chi connectivity index (χ0v) is 14.9. The van der Waals surface area contributed by atoms with Crippen molar-refractivity contribution in [2.75, 3.05) is 6.26 Å². The van der Waals surface area contributed by atoms with Gasteiger partial charge in [-0.3, -0.25) is 4.99 Å². The van der Waals surface area contributed by atoms with Crippen LogP contribution in [-0.2, 0) is 0 Å². The van der Waals surface area contributed by atoms with Crippen molar-refractivity contribution in [1.82, 2.24) is 5.32 Å². The number of benzene rings is 2. The van der Waals surface area contributed by atoms with Crippen LogP contribution < -0.4 is 5.32 Å². The number of thioether (sulfide) groups is 1. The van der Waals surface area contributed by atoms with Gasteiger partial charge in [0.2, 0.25) is 0 Å². The first-order valence-electron chi connectivity index (χ1n) is 6.56. The Hall–Kier alpha value is -1.15. The molecule has 2 atom stereocenters. The fourth-order valence-corrected chi connectivity index (χ4v) is 2.89. The van der Waals surface area contributed by atoms with Crippen LogP contribution in [0.3, 0.4) is 0 Å². The van der Waals surface area contributed by atoms with Gasteiger partial charge in [0.05, 0.1) is 6.04 Å². The highest BCUT2D eigenvalue weighted by atomic mass is 127. The summed E-state index contributed by atoms with van der Waals surface area (Å²) in [7, 11) is 0. The molecule has 0 amide bonds. The number of nitrogens with zero attached hydrogens (tertiary/aromatic N) is 1. The van der Waals surface area contributed by atoms with Gasteiger partial charge < -0.3 is 5.32 Å². The van der Waals surface area contributed by atoms with Gasteiger partial charge in [-0.15, -0.1) is 24.0 Å². The molecular weight excluding hydrogens is 417 g/mol. The second kappa shape index (κ2) is 7.41.